The second kappa shape index (κ2) is 9.85. The van der Waals surface area contributed by atoms with E-state index in [0.717, 1.165) is 81.9 Å². The lowest BCUT2D eigenvalue weighted by molar-refractivity contribution is 0.305. The van der Waals surface area contributed by atoms with Crippen LogP contribution in [0.3, 0.4) is 0 Å². The summed E-state index contributed by atoms with van der Waals surface area (Å²) in [6.45, 7) is 4.54. The predicted octanol–water partition coefficient (Wildman–Crippen LogP) is 4.89. The highest BCUT2D eigenvalue weighted by atomic mass is 16.5. The van der Waals surface area contributed by atoms with Gasteiger partial charge in [-0.25, -0.2) is 4.98 Å². The van der Waals surface area contributed by atoms with Crippen molar-refractivity contribution in [2.24, 2.45) is 0 Å². The minimum absolute atomic E-state index is 0.487. The number of likely N-dealkylation sites (N-methyl/N-ethyl adjacent to an activating group) is 1. The molecule has 0 amide bonds. The van der Waals surface area contributed by atoms with Gasteiger partial charge in [0.05, 0.1) is 35.5 Å². The molecule has 9 heteroatoms. The van der Waals surface area contributed by atoms with E-state index in [1.54, 1.807) is 6.20 Å². The fraction of sp³-hybridized carbons (Fsp3) is 0.200. The molecule has 6 aromatic rings. The number of nitrogens with zero attached hydrogens (tertiary/aromatic N) is 6. The van der Waals surface area contributed by atoms with Crippen LogP contribution in [0.1, 0.15) is 5.56 Å². The Bertz CT molecular complexity index is 1750. The maximum atomic E-state index is 6.00. The summed E-state index contributed by atoms with van der Waals surface area (Å²) in [5.41, 5.74) is 7.61. The van der Waals surface area contributed by atoms with E-state index in [1.807, 2.05) is 61.2 Å². The zero-order chi connectivity index (χ0) is 26.2. The van der Waals surface area contributed by atoms with Crippen LogP contribution < -0.4 is 9.64 Å². The van der Waals surface area contributed by atoms with Gasteiger partial charge < -0.3 is 19.5 Å². The summed E-state index contributed by atoms with van der Waals surface area (Å²) >= 11 is 0. The number of hydrogen-bond acceptors (Lipinski definition) is 7. The molecule has 0 unspecified atom stereocenters. The second-order valence-corrected chi connectivity index (χ2v) is 9.97. The first-order valence-corrected chi connectivity index (χ1v) is 13.1. The van der Waals surface area contributed by atoms with Gasteiger partial charge in [0.15, 0.2) is 5.65 Å². The van der Waals surface area contributed by atoms with Crippen molar-refractivity contribution >= 4 is 27.6 Å². The van der Waals surface area contributed by atoms with Crippen molar-refractivity contribution in [3.63, 3.8) is 0 Å². The summed E-state index contributed by atoms with van der Waals surface area (Å²) in [5.74, 6) is 0.712. The van der Waals surface area contributed by atoms with E-state index in [1.165, 1.54) is 0 Å². The molecule has 6 heterocycles. The number of pyridine rings is 3. The lowest BCUT2D eigenvalue weighted by atomic mass is 10.1. The number of anilines is 1. The summed E-state index contributed by atoms with van der Waals surface area (Å²) in [6, 6.07) is 16.4. The smallest absolute Gasteiger partial charge is 0.155 e. The molecule has 0 saturated carbocycles. The van der Waals surface area contributed by atoms with Gasteiger partial charge in [-0.1, -0.05) is 30.3 Å². The largest absolute Gasteiger partial charge is 0.487 e. The van der Waals surface area contributed by atoms with Crippen LogP contribution in [-0.2, 0) is 6.61 Å². The van der Waals surface area contributed by atoms with E-state index in [4.69, 9.17) is 4.74 Å². The number of nitrogens with one attached hydrogen (secondary N) is 2. The Balaban J connectivity index is 1.20. The molecule has 1 saturated heterocycles. The number of aromatic nitrogens is 6. The minimum atomic E-state index is 0.487. The van der Waals surface area contributed by atoms with Gasteiger partial charge >= 0.3 is 0 Å². The molecule has 0 radical (unpaired) electrons. The van der Waals surface area contributed by atoms with Crippen molar-refractivity contribution in [2.75, 3.05) is 38.1 Å². The molecule has 0 aliphatic carbocycles. The van der Waals surface area contributed by atoms with E-state index >= 15 is 0 Å². The molecule has 2 N–H and O–H groups in total. The highest BCUT2D eigenvalue weighted by Crippen LogP contribution is 2.34. The lowest BCUT2D eigenvalue weighted by Crippen LogP contribution is -2.44. The SMILES string of the molecule is CN1CCN(c2cncc3[nH]c(-c4n[nH]c5ncc(-c6cncc(OCc7ccccc7)c6)cc45)cc23)CC1. The van der Waals surface area contributed by atoms with Crippen LogP contribution in [0.25, 0.3) is 44.5 Å². The summed E-state index contributed by atoms with van der Waals surface area (Å²) < 4.78 is 6.00. The maximum absolute atomic E-state index is 6.00. The molecular formula is C30H28N8O. The molecule has 1 aliphatic heterocycles. The first-order chi connectivity index (χ1) is 19.2. The fourth-order valence-electron chi connectivity index (χ4n) is 5.13. The molecule has 7 rings (SSSR count). The number of aromatic amines is 2. The average molecular weight is 517 g/mol. The van der Waals surface area contributed by atoms with Crippen LogP contribution in [0.5, 0.6) is 5.75 Å². The van der Waals surface area contributed by atoms with Crippen LogP contribution in [0.2, 0.25) is 0 Å². The highest BCUT2D eigenvalue weighted by molar-refractivity contribution is 5.99. The third-order valence-corrected chi connectivity index (χ3v) is 7.33. The molecule has 9 nitrogen and oxygen atoms in total. The van der Waals surface area contributed by atoms with Crippen molar-refractivity contribution in [1.82, 2.24) is 35.0 Å². The molecule has 1 aliphatic rings. The molecule has 39 heavy (non-hydrogen) atoms. The van der Waals surface area contributed by atoms with E-state index in [-0.39, 0.29) is 0 Å². The maximum Gasteiger partial charge on any atom is 0.155 e. The molecule has 0 atom stereocenters. The monoisotopic (exact) mass is 516 g/mol. The Kier molecular flexibility index (Phi) is 5.90. The van der Waals surface area contributed by atoms with Crippen molar-refractivity contribution < 1.29 is 4.74 Å². The standard InChI is InChI=1S/C30H28N8O/c1-37-7-9-38(10-8-37)28-18-32-17-27-24(28)13-26(34-27)29-25-12-22(15-33-30(25)36-35-29)21-11-23(16-31-14-21)39-19-20-5-3-2-4-6-20/h2-6,11-18,34H,7-10,19H2,1H3,(H,33,35,36). The first kappa shape index (κ1) is 23.4. The van der Waals surface area contributed by atoms with Crippen LogP contribution in [0.4, 0.5) is 5.69 Å². The van der Waals surface area contributed by atoms with Gasteiger partial charge in [-0.05, 0) is 30.8 Å². The number of rotatable bonds is 6. The fourth-order valence-corrected chi connectivity index (χ4v) is 5.13. The Hall–Kier alpha value is -4.76. The van der Waals surface area contributed by atoms with Gasteiger partial charge in [0, 0.05) is 60.5 Å². The highest BCUT2D eigenvalue weighted by Gasteiger charge is 2.19. The van der Waals surface area contributed by atoms with Crippen molar-refractivity contribution in [2.45, 2.75) is 6.61 Å². The average Bonchev–Trinajstić information content (AvgIpc) is 3.61. The molecule has 1 aromatic carbocycles. The summed E-state index contributed by atoms with van der Waals surface area (Å²) in [5, 5.41) is 9.80. The van der Waals surface area contributed by atoms with Gasteiger partial charge in [-0.15, -0.1) is 0 Å². The zero-order valence-electron chi connectivity index (χ0n) is 21.6. The van der Waals surface area contributed by atoms with E-state index in [2.05, 4.69) is 59.1 Å². The summed E-state index contributed by atoms with van der Waals surface area (Å²) in [6.07, 6.45) is 9.24. The Morgan fingerprint density at radius 1 is 0.846 bits per heavy atom. The molecular weight excluding hydrogens is 488 g/mol. The minimum Gasteiger partial charge on any atom is -0.487 e. The number of hydrogen-bond donors (Lipinski definition) is 2. The number of piperazine rings is 1. The van der Waals surface area contributed by atoms with Crippen LogP contribution in [0.15, 0.2) is 79.5 Å². The first-order valence-electron chi connectivity index (χ1n) is 13.1. The van der Waals surface area contributed by atoms with Crippen molar-refractivity contribution in [3.8, 4) is 28.3 Å². The Morgan fingerprint density at radius 3 is 2.54 bits per heavy atom. The van der Waals surface area contributed by atoms with Gasteiger partial charge in [0.2, 0.25) is 0 Å². The number of benzene rings is 1. The summed E-state index contributed by atoms with van der Waals surface area (Å²) in [7, 11) is 2.17. The predicted molar refractivity (Wildman–Crippen MR) is 153 cm³/mol. The molecule has 1 fully saturated rings. The van der Waals surface area contributed by atoms with E-state index in [0.29, 0.717) is 12.4 Å². The normalized spacial score (nSPS) is 14.3. The molecule has 5 aromatic heterocycles. The Morgan fingerprint density at radius 2 is 1.67 bits per heavy atom. The summed E-state index contributed by atoms with van der Waals surface area (Å²) in [4.78, 5) is 21.9. The number of ether oxygens (including phenoxy) is 1. The van der Waals surface area contributed by atoms with E-state index in [9.17, 15) is 0 Å². The van der Waals surface area contributed by atoms with Crippen LogP contribution in [-0.4, -0.2) is 68.3 Å². The molecule has 194 valence electrons. The van der Waals surface area contributed by atoms with Gasteiger partial charge in [0.1, 0.15) is 18.1 Å². The van der Waals surface area contributed by atoms with Gasteiger partial charge in [-0.2, -0.15) is 5.10 Å². The third-order valence-electron chi connectivity index (χ3n) is 7.33. The van der Waals surface area contributed by atoms with Crippen molar-refractivity contribution in [3.05, 3.63) is 85.1 Å². The van der Waals surface area contributed by atoms with Gasteiger partial charge in [0.25, 0.3) is 0 Å². The van der Waals surface area contributed by atoms with Crippen LogP contribution >= 0.6 is 0 Å². The molecule has 0 spiro atoms. The number of fused-ring (bicyclic) bond motifs is 2. The van der Waals surface area contributed by atoms with Crippen molar-refractivity contribution in [1.29, 1.82) is 0 Å². The Labute approximate surface area is 225 Å². The van der Waals surface area contributed by atoms with Crippen LogP contribution in [0, 0.1) is 0 Å². The topological polar surface area (TPSA) is 98.8 Å². The number of H-pyrrole nitrogens is 2. The lowest BCUT2D eigenvalue weighted by Gasteiger charge is -2.34. The second-order valence-electron chi connectivity index (χ2n) is 9.97. The quantitative estimate of drug-likeness (QED) is 0.325. The third kappa shape index (κ3) is 4.57. The van der Waals surface area contributed by atoms with E-state index < -0.39 is 0 Å². The van der Waals surface area contributed by atoms with Gasteiger partial charge in [-0.3, -0.25) is 15.1 Å². The molecule has 0 bridgehead atoms. The zero-order valence-corrected chi connectivity index (χ0v) is 21.6.